The average molecular weight is 208 g/mol. The van der Waals surface area contributed by atoms with Gasteiger partial charge in [-0.1, -0.05) is 0 Å². The van der Waals surface area contributed by atoms with E-state index in [1.165, 1.54) is 0 Å². The van der Waals surface area contributed by atoms with Gasteiger partial charge in [0, 0.05) is 25.5 Å². The maximum absolute atomic E-state index is 11.5. The minimum atomic E-state index is 0.0603. The smallest absolute Gasteiger partial charge is 0.224 e. The van der Waals surface area contributed by atoms with Crippen LogP contribution in [0.4, 0.5) is 0 Å². The molecule has 4 nitrogen and oxygen atoms in total. The van der Waals surface area contributed by atoms with Crippen LogP contribution in [-0.2, 0) is 16.0 Å². The molecule has 1 aliphatic rings. The number of ether oxygens (including phenoxy) is 1. The van der Waals surface area contributed by atoms with Gasteiger partial charge in [-0.2, -0.15) is 0 Å². The van der Waals surface area contributed by atoms with Crippen LogP contribution in [0.2, 0.25) is 0 Å². The standard InChI is InChI=1S/C11H16N2O2/c14-11(6-9-3-4-12-7-9)13-8-10-2-1-5-15-10/h3-4,7,10,12H,1-2,5-6,8H2,(H,13,14). The van der Waals surface area contributed by atoms with Crippen molar-refractivity contribution in [3.8, 4) is 0 Å². The lowest BCUT2D eigenvalue weighted by atomic mass is 10.2. The van der Waals surface area contributed by atoms with Crippen molar-refractivity contribution in [1.29, 1.82) is 0 Å². The maximum Gasteiger partial charge on any atom is 0.224 e. The molecule has 15 heavy (non-hydrogen) atoms. The molecule has 0 aromatic carbocycles. The Morgan fingerprint density at radius 2 is 2.60 bits per heavy atom. The van der Waals surface area contributed by atoms with Crippen molar-refractivity contribution in [2.45, 2.75) is 25.4 Å². The fraction of sp³-hybridized carbons (Fsp3) is 0.545. The van der Waals surface area contributed by atoms with E-state index in [1.54, 1.807) is 0 Å². The van der Waals surface area contributed by atoms with Crippen LogP contribution < -0.4 is 5.32 Å². The lowest BCUT2D eigenvalue weighted by Crippen LogP contribution is -2.32. The molecule has 1 atom stereocenters. The van der Waals surface area contributed by atoms with Gasteiger partial charge in [0.05, 0.1) is 12.5 Å². The van der Waals surface area contributed by atoms with Gasteiger partial charge >= 0.3 is 0 Å². The molecule has 2 N–H and O–H groups in total. The summed E-state index contributed by atoms with van der Waals surface area (Å²) in [4.78, 5) is 14.4. The van der Waals surface area contributed by atoms with Crippen molar-refractivity contribution in [2.75, 3.05) is 13.2 Å². The number of H-pyrrole nitrogens is 1. The van der Waals surface area contributed by atoms with Crippen molar-refractivity contribution in [1.82, 2.24) is 10.3 Å². The molecule has 1 saturated heterocycles. The topological polar surface area (TPSA) is 54.1 Å². The van der Waals surface area contributed by atoms with E-state index in [2.05, 4.69) is 10.3 Å². The Balaban J connectivity index is 1.68. The van der Waals surface area contributed by atoms with Gasteiger partial charge in [-0.15, -0.1) is 0 Å². The number of carbonyl (C=O) groups excluding carboxylic acids is 1. The van der Waals surface area contributed by atoms with Gasteiger partial charge in [-0.25, -0.2) is 0 Å². The molecular weight excluding hydrogens is 192 g/mol. The first kappa shape index (κ1) is 10.2. The summed E-state index contributed by atoms with van der Waals surface area (Å²) < 4.78 is 5.42. The molecule has 2 rings (SSSR count). The van der Waals surface area contributed by atoms with E-state index < -0.39 is 0 Å². The summed E-state index contributed by atoms with van der Waals surface area (Å²) in [6, 6.07) is 1.91. The Morgan fingerprint density at radius 3 is 3.27 bits per heavy atom. The highest BCUT2D eigenvalue weighted by Crippen LogP contribution is 2.10. The van der Waals surface area contributed by atoms with Gasteiger partial charge in [0.15, 0.2) is 0 Å². The van der Waals surface area contributed by atoms with Gasteiger partial charge in [-0.3, -0.25) is 4.79 Å². The number of hydrogen-bond acceptors (Lipinski definition) is 2. The number of amides is 1. The number of carbonyl (C=O) groups is 1. The highest BCUT2D eigenvalue weighted by atomic mass is 16.5. The number of hydrogen-bond donors (Lipinski definition) is 2. The zero-order valence-corrected chi connectivity index (χ0v) is 8.66. The summed E-state index contributed by atoms with van der Waals surface area (Å²) in [7, 11) is 0. The first-order chi connectivity index (χ1) is 7.34. The minimum absolute atomic E-state index is 0.0603. The average Bonchev–Trinajstić information content (AvgIpc) is 2.86. The van der Waals surface area contributed by atoms with Crippen molar-refractivity contribution < 1.29 is 9.53 Å². The van der Waals surface area contributed by atoms with Crippen LogP contribution in [0.25, 0.3) is 0 Å². The molecule has 2 heterocycles. The Bertz CT molecular complexity index is 302. The molecule has 1 aromatic rings. The van der Waals surface area contributed by atoms with Crippen LogP contribution in [0.3, 0.4) is 0 Å². The molecule has 0 aliphatic carbocycles. The number of rotatable bonds is 4. The zero-order valence-electron chi connectivity index (χ0n) is 8.66. The van der Waals surface area contributed by atoms with E-state index in [9.17, 15) is 4.79 Å². The molecule has 1 amide bonds. The largest absolute Gasteiger partial charge is 0.376 e. The van der Waals surface area contributed by atoms with Crippen molar-refractivity contribution in [3.05, 3.63) is 24.0 Å². The number of aromatic nitrogens is 1. The summed E-state index contributed by atoms with van der Waals surface area (Å²) in [6.45, 7) is 1.47. The predicted octanol–water partition coefficient (Wildman–Crippen LogP) is 0.852. The Labute approximate surface area is 89.0 Å². The van der Waals surface area contributed by atoms with E-state index in [4.69, 9.17) is 4.74 Å². The summed E-state index contributed by atoms with van der Waals surface area (Å²) in [6.07, 6.45) is 6.49. The van der Waals surface area contributed by atoms with Crippen molar-refractivity contribution in [3.63, 3.8) is 0 Å². The first-order valence-corrected chi connectivity index (χ1v) is 5.34. The van der Waals surface area contributed by atoms with E-state index in [-0.39, 0.29) is 12.0 Å². The van der Waals surface area contributed by atoms with E-state index in [0.717, 1.165) is 25.0 Å². The Hall–Kier alpha value is -1.29. The molecule has 1 unspecified atom stereocenters. The molecule has 0 saturated carbocycles. The lowest BCUT2D eigenvalue weighted by molar-refractivity contribution is -0.120. The normalized spacial score (nSPS) is 20.4. The molecule has 0 spiro atoms. The summed E-state index contributed by atoms with van der Waals surface area (Å²) in [5, 5.41) is 2.89. The fourth-order valence-corrected chi connectivity index (χ4v) is 1.75. The number of nitrogens with one attached hydrogen (secondary N) is 2. The lowest BCUT2D eigenvalue weighted by Gasteiger charge is -2.10. The number of aromatic amines is 1. The van der Waals surface area contributed by atoms with Crippen LogP contribution in [0.1, 0.15) is 18.4 Å². The van der Waals surface area contributed by atoms with Gasteiger partial charge < -0.3 is 15.0 Å². The van der Waals surface area contributed by atoms with E-state index in [0.29, 0.717) is 13.0 Å². The molecule has 1 fully saturated rings. The second kappa shape index (κ2) is 4.98. The van der Waals surface area contributed by atoms with Gasteiger partial charge in [-0.05, 0) is 24.5 Å². The molecule has 4 heteroatoms. The van der Waals surface area contributed by atoms with Crippen LogP contribution in [0.15, 0.2) is 18.5 Å². The second-order valence-corrected chi connectivity index (χ2v) is 3.84. The van der Waals surface area contributed by atoms with Gasteiger partial charge in [0.25, 0.3) is 0 Å². The summed E-state index contributed by atoms with van der Waals surface area (Å²) in [5.74, 6) is 0.0603. The first-order valence-electron chi connectivity index (χ1n) is 5.34. The third-order valence-electron chi connectivity index (χ3n) is 2.58. The van der Waals surface area contributed by atoms with Crippen LogP contribution in [0.5, 0.6) is 0 Å². The molecular formula is C11H16N2O2. The highest BCUT2D eigenvalue weighted by molar-refractivity contribution is 5.78. The predicted molar refractivity (Wildman–Crippen MR) is 56.5 cm³/mol. The van der Waals surface area contributed by atoms with Crippen LogP contribution >= 0.6 is 0 Å². The van der Waals surface area contributed by atoms with E-state index >= 15 is 0 Å². The molecule has 1 aromatic heterocycles. The quantitative estimate of drug-likeness (QED) is 0.770. The molecule has 1 aliphatic heterocycles. The maximum atomic E-state index is 11.5. The van der Waals surface area contributed by atoms with Crippen molar-refractivity contribution >= 4 is 5.91 Å². The van der Waals surface area contributed by atoms with Gasteiger partial charge in [0.2, 0.25) is 5.91 Å². The van der Waals surface area contributed by atoms with E-state index in [1.807, 2.05) is 18.5 Å². The minimum Gasteiger partial charge on any atom is -0.376 e. The van der Waals surface area contributed by atoms with Crippen LogP contribution in [-0.4, -0.2) is 30.1 Å². The second-order valence-electron chi connectivity index (χ2n) is 3.84. The molecule has 0 bridgehead atoms. The SMILES string of the molecule is O=C(Cc1cc[nH]c1)NCC1CCCO1. The third kappa shape index (κ3) is 3.09. The fourth-order valence-electron chi connectivity index (χ4n) is 1.75. The monoisotopic (exact) mass is 208 g/mol. The summed E-state index contributed by atoms with van der Waals surface area (Å²) >= 11 is 0. The van der Waals surface area contributed by atoms with Gasteiger partial charge in [0.1, 0.15) is 0 Å². The highest BCUT2D eigenvalue weighted by Gasteiger charge is 2.15. The van der Waals surface area contributed by atoms with Crippen LogP contribution in [0, 0.1) is 0 Å². The Morgan fingerprint density at radius 1 is 1.67 bits per heavy atom. The molecule has 0 radical (unpaired) electrons. The Kier molecular flexibility index (Phi) is 3.40. The molecule has 82 valence electrons. The third-order valence-corrected chi connectivity index (χ3v) is 2.58. The van der Waals surface area contributed by atoms with Crippen molar-refractivity contribution in [2.24, 2.45) is 0 Å². The zero-order chi connectivity index (χ0) is 10.5. The summed E-state index contributed by atoms with van der Waals surface area (Å²) in [5.41, 5.74) is 1.01.